The van der Waals surface area contributed by atoms with Crippen LogP contribution < -0.4 is 9.64 Å². The van der Waals surface area contributed by atoms with E-state index in [1.165, 1.54) is 0 Å². The zero-order valence-electron chi connectivity index (χ0n) is 11.3. The standard InChI is InChI=1S/C14H11BrIN3O3/c15-8-1-2-9-10(5-8)21-4-3-18-6-12(17-13(9)18)19-11(16)7-22-14(19)20/h1-2,5-6,11H,3-4,7H2/t11-/m0/s1. The highest BCUT2D eigenvalue weighted by molar-refractivity contribution is 14.1. The maximum atomic E-state index is 11.9. The minimum Gasteiger partial charge on any atom is -0.491 e. The molecule has 0 unspecified atom stereocenters. The van der Waals surface area contributed by atoms with E-state index in [0.717, 1.165) is 21.6 Å². The quantitative estimate of drug-likeness (QED) is 0.360. The molecule has 0 bridgehead atoms. The fourth-order valence-corrected chi connectivity index (χ4v) is 3.63. The van der Waals surface area contributed by atoms with Crippen LogP contribution in [0.3, 0.4) is 0 Å². The Morgan fingerprint density at radius 3 is 3.00 bits per heavy atom. The van der Waals surface area contributed by atoms with E-state index in [1.54, 1.807) is 4.90 Å². The van der Waals surface area contributed by atoms with Crippen LogP contribution >= 0.6 is 38.5 Å². The van der Waals surface area contributed by atoms with Crippen LogP contribution in [0.4, 0.5) is 10.6 Å². The number of carbonyl (C=O) groups is 1. The molecule has 3 heterocycles. The van der Waals surface area contributed by atoms with Gasteiger partial charge < -0.3 is 14.0 Å². The molecular formula is C14H11BrIN3O3. The largest absolute Gasteiger partial charge is 0.491 e. The number of hydrogen-bond acceptors (Lipinski definition) is 4. The maximum Gasteiger partial charge on any atom is 0.416 e. The summed E-state index contributed by atoms with van der Waals surface area (Å²) in [7, 11) is 0. The third-order valence-electron chi connectivity index (χ3n) is 3.61. The van der Waals surface area contributed by atoms with Crippen molar-refractivity contribution in [2.45, 2.75) is 10.6 Å². The summed E-state index contributed by atoms with van der Waals surface area (Å²) in [5, 5.41) is 0. The molecule has 6 nitrogen and oxygen atoms in total. The number of nitrogens with zero attached hydrogens (tertiary/aromatic N) is 3. The first-order valence-corrected chi connectivity index (χ1v) is 8.77. The Kier molecular flexibility index (Phi) is 3.52. The lowest BCUT2D eigenvalue weighted by molar-refractivity contribution is 0.180. The summed E-state index contributed by atoms with van der Waals surface area (Å²) >= 11 is 5.64. The van der Waals surface area contributed by atoms with Crippen LogP contribution in [0.25, 0.3) is 11.4 Å². The van der Waals surface area contributed by atoms with Gasteiger partial charge in [0.05, 0.1) is 12.1 Å². The molecule has 0 spiro atoms. The second kappa shape index (κ2) is 5.41. The zero-order valence-corrected chi connectivity index (χ0v) is 15.1. The maximum absolute atomic E-state index is 11.9. The zero-order chi connectivity index (χ0) is 15.3. The number of cyclic esters (lactones) is 1. The van der Waals surface area contributed by atoms with Crippen molar-refractivity contribution in [1.82, 2.24) is 9.55 Å². The van der Waals surface area contributed by atoms with Gasteiger partial charge in [0.2, 0.25) is 0 Å². The van der Waals surface area contributed by atoms with Crippen molar-refractivity contribution >= 4 is 50.4 Å². The molecule has 1 saturated heterocycles. The van der Waals surface area contributed by atoms with Crippen LogP contribution in [-0.4, -0.2) is 32.9 Å². The number of aromatic nitrogens is 2. The van der Waals surface area contributed by atoms with Gasteiger partial charge in [-0.05, 0) is 18.2 Å². The van der Waals surface area contributed by atoms with Gasteiger partial charge in [-0.2, -0.15) is 0 Å². The minimum atomic E-state index is -0.347. The van der Waals surface area contributed by atoms with Gasteiger partial charge in [0, 0.05) is 10.7 Å². The SMILES string of the molecule is O=C1OC[C@@H](I)N1c1cn2c(n1)-c1ccc(Br)cc1OCC2. The number of fused-ring (bicyclic) bond motifs is 3. The number of carbonyl (C=O) groups excluding carboxylic acids is 1. The summed E-state index contributed by atoms with van der Waals surface area (Å²) in [4.78, 5) is 18.1. The average Bonchev–Trinajstić information content (AvgIpc) is 2.98. The van der Waals surface area contributed by atoms with Gasteiger partial charge in [-0.1, -0.05) is 38.5 Å². The average molecular weight is 476 g/mol. The van der Waals surface area contributed by atoms with Crippen molar-refractivity contribution < 1.29 is 14.3 Å². The van der Waals surface area contributed by atoms with Crippen molar-refractivity contribution in [3.8, 4) is 17.1 Å². The highest BCUT2D eigenvalue weighted by Crippen LogP contribution is 2.36. The van der Waals surface area contributed by atoms with E-state index >= 15 is 0 Å². The summed E-state index contributed by atoms with van der Waals surface area (Å²) in [6.45, 7) is 1.63. The molecule has 22 heavy (non-hydrogen) atoms. The number of hydrogen-bond donors (Lipinski definition) is 0. The first-order valence-electron chi connectivity index (χ1n) is 6.73. The normalized spacial score (nSPS) is 20.0. The van der Waals surface area contributed by atoms with Gasteiger partial charge in [0.25, 0.3) is 0 Å². The summed E-state index contributed by atoms with van der Waals surface area (Å²) in [5.41, 5.74) is 0.921. The molecule has 1 atom stereocenters. The van der Waals surface area contributed by atoms with Crippen LogP contribution in [0.2, 0.25) is 0 Å². The fourth-order valence-electron chi connectivity index (χ4n) is 2.59. The van der Waals surface area contributed by atoms with Crippen molar-refractivity contribution in [3.63, 3.8) is 0 Å². The molecule has 1 fully saturated rings. The lowest BCUT2D eigenvalue weighted by atomic mass is 10.2. The first-order chi connectivity index (χ1) is 10.6. The molecule has 1 aromatic carbocycles. The monoisotopic (exact) mass is 475 g/mol. The van der Waals surface area contributed by atoms with Crippen molar-refractivity contribution in [1.29, 1.82) is 0 Å². The van der Waals surface area contributed by atoms with Gasteiger partial charge in [0.15, 0.2) is 5.82 Å². The number of ether oxygens (including phenoxy) is 2. The van der Waals surface area contributed by atoms with E-state index in [2.05, 4.69) is 43.5 Å². The summed E-state index contributed by atoms with van der Waals surface area (Å²) < 4.78 is 13.8. The summed E-state index contributed by atoms with van der Waals surface area (Å²) in [5.74, 6) is 2.21. The van der Waals surface area contributed by atoms with Gasteiger partial charge in [0.1, 0.15) is 28.8 Å². The van der Waals surface area contributed by atoms with Crippen molar-refractivity contribution in [3.05, 3.63) is 28.9 Å². The van der Waals surface area contributed by atoms with Crippen LogP contribution in [-0.2, 0) is 11.3 Å². The Labute approximate surface area is 148 Å². The molecule has 4 rings (SSSR count). The topological polar surface area (TPSA) is 56.6 Å². The van der Waals surface area contributed by atoms with Gasteiger partial charge in [-0.3, -0.25) is 0 Å². The second-order valence-electron chi connectivity index (χ2n) is 4.99. The number of alkyl halides is 1. The summed E-state index contributed by atoms with van der Waals surface area (Å²) in [6, 6.07) is 5.86. The molecule has 0 N–H and O–H groups in total. The molecule has 0 aliphatic carbocycles. The van der Waals surface area contributed by atoms with Crippen molar-refractivity contribution in [2.75, 3.05) is 18.1 Å². The molecule has 114 valence electrons. The first kappa shape index (κ1) is 14.3. The van der Waals surface area contributed by atoms with Gasteiger partial charge in [-0.25, -0.2) is 14.7 Å². The van der Waals surface area contributed by atoms with E-state index in [1.807, 2.05) is 29.0 Å². The van der Waals surface area contributed by atoms with Crippen LogP contribution in [0.15, 0.2) is 28.9 Å². The van der Waals surface area contributed by atoms with Crippen LogP contribution in [0, 0.1) is 0 Å². The molecule has 8 heteroatoms. The smallest absolute Gasteiger partial charge is 0.416 e. The van der Waals surface area contributed by atoms with Gasteiger partial charge >= 0.3 is 6.09 Å². The van der Waals surface area contributed by atoms with Crippen molar-refractivity contribution in [2.24, 2.45) is 0 Å². The second-order valence-corrected chi connectivity index (χ2v) is 7.34. The number of anilines is 1. The number of imidazole rings is 1. The fraction of sp³-hybridized carbons (Fsp3) is 0.286. The lowest BCUT2D eigenvalue weighted by Gasteiger charge is -2.13. The Morgan fingerprint density at radius 1 is 1.36 bits per heavy atom. The molecule has 0 saturated carbocycles. The lowest BCUT2D eigenvalue weighted by Crippen LogP contribution is -2.29. The van der Waals surface area contributed by atoms with Crippen LogP contribution in [0.1, 0.15) is 0 Å². The molecule has 2 aliphatic rings. The van der Waals surface area contributed by atoms with E-state index in [4.69, 9.17) is 9.47 Å². The predicted molar refractivity (Wildman–Crippen MR) is 92.5 cm³/mol. The highest BCUT2D eigenvalue weighted by Gasteiger charge is 2.35. The van der Waals surface area contributed by atoms with E-state index in [9.17, 15) is 4.79 Å². The highest BCUT2D eigenvalue weighted by atomic mass is 127. The Bertz CT molecular complexity index is 764. The molecule has 0 radical (unpaired) electrons. The molecule has 1 amide bonds. The summed E-state index contributed by atoms with van der Waals surface area (Å²) in [6.07, 6.45) is 1.54. The number of halogens is 2. The van der Waals surface area contributed by atoms with E-state index in [0.29, 0.717) is 25.6 Å². The van der Waals surface area contributed by atoms with Crippen LogP contribution in [0.5, 0.6) is 5.75 Å². The third-order valence-corrected chi connectivity index (χ3v) is 5.02. The minimum absolute atomic E-state index is 0.0371. The Hall–Kier alpha value is -1.29. The number of amides is 1. The molecular weight excluding hydrogens is 465 g/mol. The Morgan fingerprint density at radius 2 is 2.23 bits per heavy atom. The van der Waals surface area contributed by atoms with E-state index in [-0.39, 0.29) is 10.1 Å². The molecule has 2 aliphatic heterocycles. The molecule has 1 aromatic heterocycles. The predicted octanol–water partition coefficient (Wildman–Crippen LogP) is 3.42. The van der Waals surface area contributed by atoms with Gasteiger partial charge in [-0.15, -0.1) is 0 Å². The Balaban J connectivity index is 1.82. The molecule has 2 aromatic rings. The third kappa shape index (κ3) is 2.28. The number of rotatable bonds is 1. The van der Waals surface area contributed by atoms with E-state index < -0.39 is 0 Å². The number of benzene rings is 1.